The molecule has 2 rings (SSSR count). The first-order valence-corrected chi connectivity index (χ1v) is 6.36. The highest BCUT2D eigenvalue weighted by atomic mass is 32.1. The van der Waals surface area contributed by atoms with Crippen molar-refractivity contribution in [2.24, 2.45) is 0 Å². The minimum atomic E-state index is 0.257. The molecule has 0 radical (unpaired) electrons. The van der Waals surface area contributed by atoms with Crippen LogP contribution in [0.2, 0.25) is 0 Å². The molecule has 0 saturated heterocycles. The molecule has 1 aromatic heterocycles. The van der Waals surface area contributed by atoms with Crippen molar-refractivity contribution in [3.8, 4) is 5.75 Å². The first-order chi connectivity index (χ1) is 8.19. The summed E-state index contributed by atoms with van der Waals surface area (Å²) in [6.07, 6.45) is 0. The number of nitrogen functional groups attached to an aromatic ring is 1. The van der Waals surface area contributed by atoms with Crippen molar-refractivity contribution in [3.05, 3.63) is 40.6 Å². The fourth-order valence-electron chi connectivity index (χ4n) is 1.68. The molecule has 90 valence electrons. The predicted molar refractivity (Wildman–Crippen MR) is 73.8 cm³/mol. The average molecular weight is 248 g/mol. The topological polar surface area (TPSA) is 47.3 Å². The zero-order chi connectivity index (χ0) is 12.3. The van der Waals surface area contributed by atoms with Crippen LogP contribution in [0, 0.1) is 0 Å². The Morgan fingerprint density at radius 1 is 1.35 bits per heavy atom. The Morgan fingerprint density at radius 3 is 2.82 bits per heavy atom. The van der Waals surface area contributed by atoms with E-state index in [1.165, 1.54) is 5.56 Å². The minimum Gasteiger partial charge on any atom is -0.497 e. The van der Waals surface area contributed by atoms with Crippen LogP contribution in [0.1, 0.15) is 18.5 Å². The zero-order valence-electron chi connectivity index (χ0n) is 9.94. The number of thiophene rings is 1. The van der Waals surface area contributed by atoms with E-state index < -0.39 is 0 Å². The van der Waals surface area contributed by atoms with Crippen molar-refractivity contribution >= 4 is 22.7 Å². The van der Waals surface area contributed by atoms with Crippen LogP contribution < -0.4 is 15.8 Å². The summed E-state index contributed by atoms with van der Waals surface area (Å²) in [5, 5.41) is 7.62. The molecule has 1 unspecified atom stereocenters. The molecule has 1 heterocycles. The normalized spacial score (nSPS) is 12.1. The molecule has 0 bridgehead atoms. The van der Waals surface area contributed by atoms with Crippen LogP contribution in [0.25, 0.3) is 0 Å². The summed E-state index contributed by atoms with van der Waals surface area (Å²) in [7, 11) is 1.64. The third-order valence-electron chi connectivity index (χ3n) is 2.59. The highest BCUT2D eigenvalue weighted by molar-refractivity contribution is 7.07. The largest absolute Gasteiger partial charge is 0.497 e. The van der Waals surface area contributed by atoms with Crippen molar-refractivity contribution in [2.45, 2.75) is 13.0 Å². The average Bonchev–Trinajstić information content (AvgIpc) is 2.81. The van der Waals surface area contributed by atoms with Gasteiger partial charge in [0, 0.05) is 29.5 Å². The van der Waals surface area contributed by atoms with E-state index in [0.29, 0.717) is 5.69 Å². The molecule has 3 nitrogen and oxygen atoms in total. The Kier molecular flexibility index (Phi) is 3.54. The third-order valence-corrected chi connectivity index (χ3v) is 3.29. The number of hydrogen-bond acceptors (Lipinski definition) is 4. The van der Waals surface area contributed by atoms with Gasteiger partial charge in [-0.05, 0) is 35.4 Å². The Bertz CT molecular complexity index is 482. The van der Waals surface area contributed by atoms with Gasteiger partial charge in [0.05, 0.1) is 7.11 Å². The summed E-state index contributed by atoms with van der Waals surface area (Å²) in [4.78, 5) is 0. The van der Waals surface area contributed by atoms with Crippen LogP contribution in [0.3, 0.4) is 0 Å². The lowest BCUT2D eigenvalue weighted by molar-refractivity contribution is 0.415. The summed E-state index contributed by atoms with van der Waals surface area (Å²) in [6, 6.07) is 8.03. The molecule has 0 aliphatic rings. The predicted octanol–water partition coefficient (Wildman–Crippen LogP) is 3.51. The lowest BCUT2D eigenvalue weighted by Crippen LogP contribution is -2.06. The van der Waals surface area contributed by atoms with Crippen molar-refractivity contribution in [1.29, 1.82) is 0 Å². The van der Waals surface area contributed by atoms with E-state index in [1.807, 2.05) is 12.1 Å². The molecule has 4 heteroatoms. The second-order valence-electron chi connectivity index (χ2n) is 3.92. The second kappa shape index (κ2) is 5.10. The molecule has 0 amide bonds. The van der Waals surface area contributed by atoms with Gasteiger partial charge in [-0.15, -0.1) is 0 Å². The van der Waals surface area contributed by atoms with Crippen molar-refractivity contribution in [3.63, 3.8) is 0 Å². The Labute approximate surface area is 105 Å². The summed E-state index contributed by atoms with van der Waals surface area (Å²) in [5.74, 6) is 0.769. The zero-order valence-corrected chi connectivity index (χ0v) is 10.8. The number of ether oxygens (including phenoxy) is 1. The number of nitrogens with one attached hydrogen (secondary N) is 1. The maximum Gasteiger partial charge on any atom is 0.122 e. The first-order valence-electron chi connectivity index (χ1n) is 5.42. The molecule has 0 saturated carbocycles. The summed E-state index contributed by atoms with van der Waals surface area (Å²) in [5.41, 5.74) is 8.76. The van der Waals surface area contributed by atoms with Gasteiger partial charge in [-0.3, -0.25) is 0 Å². The highest BCUT2D eigenvalue weighted by Crippen LogP contribution is 2.26. The lowest BCUT2D eigenvalue weighted by Gasteiger charge is -2.15. The Hall–Kier alpha value is -1.68. The molecular formula is C13H16N2OS. The smallest absolute Gasteiger partial charge is 0.122 e. The van der Waals surface area contributed by atoms with E-state index in [-0.39, 0.29) is 6.04 Å². The van der Waals surface area contributed by atoms with Crippen LogP contribution in [0.4, 0.5) is 11.4 Å². The molecule has 0 aliphatic heterocycles. The number of hydrogen-bond donors (Lipinski definition) is 2. The molecule has 0 spiro atoms. The fraction of sp³-hybridized carbons (Fsp3) is 0.231. The van der Waals surface area contributed by atoms with Gasteiger partial charge in [0.15, 0.2) is 0 Å². The molecule has 1 aromatic carbocycles. The van der Waals surface area contributed by atoms with Crippen LogP contribution in [0.15, 0.2) is 35.0 Å². The number of nitrogens with two attached hydrogens (primary N) is 1. The van der Waals surface area contributed by atoms with E-state index >= 15 is 0 Å². The van der Waals surface area contributed by atoms with E-state index in [9.17, 15) is 0 Å². The van der Waals surface area contributed by atoms with Gasteiger partial charge in [-0.1, -0.05) is 0 Å². The SMILES string of the molecule is COc1cc(N)cc(NC(C)c2ccsc2)c1. The maximum atomic E-state index is 5.81. The van der Waals surface area contributed by atoms with Gasteiger partial charge in [-0.2, -0.15) is 11.3 Å². The van der Waals surface area contributed by atoms with Gasteiger partial charge in [0.25, 0.3) is 0 Å². The van der Waals surface area contributed by atoms with Crippen molar-refractivity contribution in [1.82, 2.24) is 0 Å². The Morgan fingerprint density at radius 2 is 2.18 bits per heavy atom. The number of anilines is 2. The van der Waals surface area contributed by atoms with Crippen LogP contribution >= 0.6 is 11.3 Å². The van der Waals surface area contributed by atoms with Gasteiger partial charge in [0.1, 0.15) is 5.75 Å². The van der Waals surface area contributed by atoms with Gasteiger partial charge in [-0.25, -0.2) is 0 Å². The molecule has 0 fully saturated rings. The summed E-state index contributed by atoms with van der Waals surface area (Å²) >= 11 is 1.70. The van der Waals surface area contributed by atoms with Gasteiger partial charge >= 0.3 is 0 Å². The lowest BCUT2D eigenvalue weighted by atomic mass is 10.1. The maximum absolute atomic E-state index is 5.81. The molecular weight excluding hydrogens is 232 g/mol. The minimum absolute atomic E-state index is 0.257. The quantitative estimate of drug-likeness (QED) is 0.814. The summed E-state index contributed by atoms with van der Waals surface area (Å²) in [6.45, 7) is 2.12. The highest BCUT2D eigenvalue weighted by Gasteiger charge is 2.06. The molecule has 17 heavy (non-hydrogen) atoms. The van der Waals surface area contributed by atoms with Crippen LogP contribution in [-0.2, 0) is 0 Å². The van der Waals surface area contributed by atoms with E-state index in [1.54, 1.807) is 24.5 Å². The van der Waals surface area contributed by atoms with E-state index in [4.69, 9.17) is 10.5 Å². The Balaban J connectivity index is 2.15. The van der Waals surface area contributed by atoms with Gasteiger partial charge in [0.2, 0.25) is 0 Å². The monoisotopic (exact) mass is 248 g/mol. The standard InChI is InChI=1S/C13H16N2OS/c1-9(10-3-4-17-8-10)15-12-5-11(14)6-13(7-12)16-2/h3-9,15H,14H2,1-2H3. The number of rotatable bonds is 4. The first kappa shape index (κ1) is 11.8. The van der Waals surface area contributed by atoms with E-state index in [0.717, 1.165) is 11.4 Å². The van der Waals surface area contributed by atoms with E-state index in [2.05, 4.69) is 29.1 Å². The number of methoxy groups -OCH3 is 1. The molecule has 3 N–H and O–H groups in total. The van der Waals surface area contributed by atoms with Crippen molar-refractivity contribution in [2.75, 3.05) is 18.2 Å². The fourth-order valence-corrected chi connectivity index (χ4v) is 2.43. The molecule has 1 atom stereocenters. The van der Waals surface area contributed by atoms with Crippen molar-refractivity contribution < 1.29 is 4.74 Å². The molecule has 0 aliphatic carbocycles. The van der Waals surface area contributed by atoms with Crippen LogP contribution in [0.5, 0.6) is 5.75 Å². The van der Waals surface area contributed by atoms with Crippen LogP contribution in [-0.4, -0.2) is 7.11 Å². The summed E-state index contributed by atoms with van der Waals surface area (Å²) < 4.78 is 5.19. The third kappa shape index (κ3) is 2.91. The second-order valence-corrected chi connectivity index (χ2v) is 4.70. The molecule has 2 aromatic rings. The van der Waals surface area contributed by atoms with Gasteiger partial charge < -0.3 is 15.8 Å². The number of benzene rings is 1.